The van der Waals surface area contributed by atoms with Gasteiger partial charge in [0, 0.05) is 55.8 Å². The normalized spacial score (nSPS) is 14.1. The third-order valence-electron chi connectivity index (χ3n) is 5.35. The number of fused-ring (bicyclic) bond motifs is 1. The topological polar surface area (TPSA) is 92.9 Å². The third kappa shape index (κ3) is 4.78. The molecule has 1 amide bonds. The number of halogens is 2. The van der Waals surface area contributed by atoms with Crippen molar-refractivity contribution in [3.05, 3.63) is 40.5 Å². The van der Waals surface area contributed by atoms with Crippen molar-refractivity contribution in [3.8, 4) is 11.3 Å². The van der Waals surface area contributed by atoms with Crippen LogP contribution in [0.15, 0.2) is 30.5 Å². The molecule has 0 aliphatic carbocycles. The molecule has 0 bridgehead atoms. The zero-order chi connectivity index (χ0) is 22.7. The van der Waals surface area contributed by atoms with Crippen LogP contribution in [0.1, 0.15) is 19.3 Å². The van der Waals surface area contributed by atoms with E-state index in [9.17, 15) is 9.59 Å². The zero-order valence-corrected chi connectivity index (χ0v) is 19.0. The molecular formula is C21H22Cl2N6O3. The van der Waals surface area contributed by atoms with Crippen LogP contribution < -0.4 is 4.90 Å². The number of carbonyl (C=O) groups is 2. The molecule has 0 radical (unpaired) electrons. The maximum absolute atomic E-state index is 12.4. The lowest BCUT2D eigenvalue weighted by Crippen LogP contribution is -2.49. The molecule has 32 heavy (non-hydrogen) atoms. The number of hydrogen-bond acceptors (Lipinski definition) is 7. The number of amides is 1. The van der Waals surface area contributed by atoms with Crippen LogP contribution >= 0.6 is 23.2 Å². The molecule has 1 aliphatic heterocycles. The van der Waals surface area contributed by atoms with Crippen molar-refractivity contribution in [1.29, 1.82) is 0 Å². The molecule has 1 aromatic carbocycles. The van der Waals surface area contributed by atoms with E-state index in [-0.39, 0.29) is 18.3 Å². The van der Waals surface area contributed by atoms with E-state index in [1.807, 2.05) is 11.0 Å². The van der Waals surface area contributed by atoms with Crippen molar-refractivity contribution >= 4 is 46.8 Å². The standard InChI is InChI=1S/C21H22Cl2N6O3/c1-32-19(31)4-2-3-18(30)27-9-11-28(12-10-27)21-25-20-24-8-7-17(29(20)26-21)15-13-14(22)5-6-16(15)23/h5-8,13H,2-4,9-12H2,1H3. The lowest BCUT2D eigenvalue weighted by Gasteiger charge is -2.34. The van der Waals surface area contributed by atoms with E-state index >= 15 is 0 Å². The molecule has 2 aromatic heterocycles. The lowest BCUT2D eigenvalue weighted by molar-refractivity contribution is -0.140. The summed E-state index contributed by atoms with van der Waals surface area (Å²) < 4.78 is 6.26. The van der Waals surface area contributed by atoms with Crippen LogP contribution in [0.3, 0.4) is 0 Å². The summed E-state index contributed by atoms with van der Waals surface area (Å²) in [6, 6.07) is 7.07. The van der Waals surface area contributed by atoms with Crippen molar-refractivity contribution in [3.63, 3.8) is 0 Å². The van der Waals surface area contributed by atoms with Gasteiger partial charge in [0.15, 0.2) is 0 Å². The highest BCUT2D eigenvalue weighted by Gasteiger charge is 2.24. The number of esters is 1. The molecule has 1 fully saturated rings. The first-order valence-electron chi connectivity index (χ1n) is 10.2. The van der Waals surface area contributed by atoms with Gasteiger partial charge in [-0.3, -0.25) is 9.59 Å². The first-order chi connectivity index (χ1) is 15.5. The zero-order valence-electron chi connectivity index (χ0n) is 17.5. The van der Waals surface area contributed by atoms with Gasteiger partial charge in [0.1, 0.15) is 0 Å². The van der Waals surface area contributed by atoms with Gasteiger partial charge in [-0.05, 0) is 30.7 Å². The molecule has 0 N–H and O–H groups in total. The molecule has 0 spiro atoms. The molecule has 0 atom stereocenters. The maximum atomic E-state index is 12.4. The summed E-state index contributed by atoms with van der Waals surface area (Å²) in [5.41, 5.74) is 1.48. The predicted octanol–water partition coefficient (Wildman–Crippen LogP) is 3.09. The number of benzene rings is 1. The number of anilines is 1. The molecule has 3 heterocycles. The molecule has 0 unspecified atom stereocenters. The van der Waals surface area contributed by atoms with Crippen LogP contribution in [-0.2, 0) is 14.3 Å². The minimum Gasteiger partial charge on any atom is -0.469 e. The van der Waals surface area contributed by atoms with Crippen LogP contribution in [0, 0.1) is 0 Å². The van der Waals surface area contributed by atoms with Crippen molar-refractivity contribution in [2.45, 2.75) is 19.3 Å². The fourth-order valence-electron chi connectivity index (χ4n) is 3.62. The fourth-order valence-corrected chi connectivity index (χ4v) is 4.00. The summed E-state index contributed by atoms with van der Waals surface area (Å²) in [5.74, 6) is 0.736. The Kier molecular flexibility index (Phi) is 6.76. The molecule has 3 aromatic rings. The van der Waals surface area contributed by atoms with Crippen LogP contribution in [0.5, 0.6) is 0 Å². The summed E-state index contributed by atoms with van der Waals surface area (Å²) >= 11 is 12.5. The predicted molar refractivity (Wildman–Crippen MR) is 121 cm³/mol. The number of rotatable bonds is 6. The smallest absolute Gasteiger partial charge is 0.305 e. The Bertz CT molecular complexity index is 1140. The van der Waals surface area contributed by atoms with E-state index < -0.39 is 0 Å². The minimum atomic E-state index is -0.299. The monoisotopic (exact) mass is 476 g/mol. The highest BCUT2D eigenvalue weighted by molar-refractivity contribution is 6.35. The Morgan fingerprint density at radius 1 is 1.09 bits per heavy atom. The van der Waals surface area contributed by atoms with E-state index in [0.717, 1.165) is 11.3 Å². The SMILES string of the molecule is COC(=O)CCCC(=O)N1CCN(c2nc3nccc(-c4cc(Cl)ccc4Cl)n3n2)CC1. The van der Waals surface area contributed by atoms with Gasteiger partial charge in [-0.1, -0.05) is 23.2 Å². The molecule has 4 rings (SSSR count). The highest BCUT2D eigenvalue weighted by atomic mass is 35.5. The number of ether oxygens (including phenoxy) is 1. The van der Waals surface area contributed by atoms with Crippen molar-refractivity contribution in [2.24, 2.45) is 0 Å². The van der Waals surface area contributed by atoms with E-state index in [1.54, 1.807) is 33.8 Å². The average Bonchev–Trinajstić information content (AvgIpc) is 3.25. The minimum absolute atomic E-state index is 0.0380. The Hall–Kier alpha value is -2.91. The largest absolute Gasteiger partial charge is 0.469 e. The Morgan fingerprint density at radius 2 is 1.88 bits per heavy atom. The van der Waals surface area contributed by atoms with Crippen LogP contribution in [0.2, 0.25) is 10.0 Å². The first-order valence-corrected chi connectivity index (χ1v) is 11.0. The van der Waals surface area contributed by atoms with Crippen molar-refractivity contribution < 1.29 is 14.3 Å². The number of aromatic nitrogens is 4. The molecule has 1 aliphatic rings. The first kappa shape index (κ1) is 22.3. The van der Waals surface area contributed by atoms with Gasteiger partial charge in [0.05, 0.1) is 17.8 Å². The Balaban J connectivity index is 1.45. The number of methoxy groups -OCH3 is 1. The summed E-state index contributed by atoms with van der Waals surface area (Å²) in [4.78, 5) is 36.3. The second-order valence-corrected chi connectivity index (χ2v) is 8.22. The van der Waals surface area contributed by atoms with Crippen LogP contribution in [-0.4, -0.2) is 69.6 Å². The van der Waals surface area contributed by atoms with Gasteiger partial charge in [-0.2, -0.15) is 9.50 Å². The molecule has 11 heteroatoms. The maximum Gasteiger partial charge on any atom is 0.305 e. The lowest BCUT2D eigenvalue weighted by atomic mass is 10.1. The van der Waals surface area contributed by atoms with Gasteiger partial charge in [-0.15, -0.1) is 5.10 Å². The van der Waals surface area contributed by atoms with E-state index in [2.05, 4.69) is 19.8 Å². The quantitative estimate of drug-likeness (QED) is 0.504. The summed E-state index contributed by atoms with van der Waals surface area (Å²) in [6.07, 6.45) is 2.72. The van der Waals surface area contributed by atoms with Gasteiger partial charge in [-0.25, -0.2) is 4.98 Å². The average molecular weight is 477 g/mol. The van der Waals surface area contributed by atoms with E-state index in [4.69, 9.17) is 23.2 Å². The fraction of sp³-hybridized carbons (Fsp3) is 0.381. The van der Waals surface area contributed by atoms with Gasteiger partial charge in [0.2, 0.25) is 11.9 Å². The van der Waals surface area contributed by atoms with Crippen molar-refractivity contribution in [2.75, 3.05) is 38.2 Å². The number of piperazine rings is 1. The molecule has 0 saturated carbocycles. The van der Waals surface area contributed by atoms with E-state index in [1.165, 1.54) is 7.11 Å². The highest BCUT2D eigenvalue weighted by Crippen LogP contribution is 2.30. The van der Waals surface area contributed by atoms with Gasteiger partial charge in [0.25, 0.3) is 5.78 Å². The molecule has 168 valence electrons. The van der Waals surface area contributed by atoms with Crippen molar-refractivity contribution in [1.82, 2.24) is 24.5 Å². The molecule has 1 saturated heterocycles. The summed E-state index contributed by atoms with van der Waals surface area (Å²) in [7, 11) is 1.35. The number of carbonyl (C=O) groups excluding carboxylic acids is 2. The second-order valence-electron chi connectivity index (χ2n) is 7.38. The number of hydrogen-bond donors (Lipinski definition) is 0. The Labute approximate surface area is 194 Å². The molecular weight excluding hydrogens is 455 g/mol. The second kappa shape index (κ2) is 9.70. The van der Waals surface area contributed by atoms with Crippen LogP contribution in [0.4, 0.5) is 5.95 Å². The third-order valence-corrected chi connectivity index (χ3v) is 5.91. The summed E-state index contributed by atoms with van der Waals surface area (Å²) in [5, 5.41) is 5.77. The van der Waals surface area contributed by atoms with Gasteiger partial charge < -0.3 is 14.5 Å². The van der Waals surface area contributed by atoms with Gasteiger partial charge >= 0.3 is 5.97 Å². The number of nitrogens with zero attached hydrogens (tertiary/aromatic N) is 6. The Morgan fingerprint density at radius 3 is 2.62 bits per heavy atom. The van der Waals surface area contributed by atoms with Crippen LogP contribution in [0.25, 0.3) is 17.0 Å². The molecule has 9 nitrogen and oxygen atoms in total. The van der Waals surface area contributed by atoms with E-state index in [0.29, 0.717) is 60.8 Å². The summed E-state index contributed by atoms with van der Waals surface area (Å²) in [6.45, 7) is 2.33.